The number of halogens is 3. The summed E-state index contributed by atoms with van der Waals surface area (Å²) in [5, 5.41) is 8.30. The maximum Gasteiger partial charge on any atom is 0.471 e. The number of carbonyl (C=O) groups excluding carboxylic acids is 1. The summed E-state index contributed by atoms with van der Waals surface area (Å²) < 4.78 is 43.2. The van der Waals surface area contributed by atoms with E-state index in [0.717, 1.165) is 16.3 Å². The highest BCUT2D eigenvalue weighted by Gasteiger charge is 2.38. The van der Waals surface area contributed by atoms with Gasteiger partial charge in [-0.25, -0.2) is 0 Å². The highest BCUT2D eigenvalue weighted by Crippen LogP contribution is 2.33. The lowest BCUT2D eigenvalue weighted by molar-refractivity contribution is -0.159. The third-order valence-electron chi connectivity index (χ3n) is 5.28. The molecule has 1 N–H and O–H groups in total. The summed E-state index contributed by atoms with van der Waals surface area (Å²) in [5.74, 6) is -2.00. The van der Waals surface area contributed by atoms with E-state index in [1.54, 1.807) is 36.4 Å². The number of nitrogens with one attached hydrogen (secondary N) is 1. The highest BCUT2D eigenvalue weighted by atomic mass is 19.4. The lowest BCUT2D eigenvalue weighted by atomic mass is 9.94. The molecule has 5 nitrogen and oxygen atoms in total. The third-order valence-corrected chi connectivity index (χ3v) is 5.28. The van der Waals surface area contributed by atoms with E-state index < -0.39 is 12.1 Å². The molecule has 8 heteroatoms. The minimum atomic E-state index is -4.75. The molecule has 1 heterocycles. The van der Waals surface area contributed by atoms with Crippen LogP contribution in [-0.2, 0) is 6.18 Å². The Morgan fingerprint density at radius 1 is 0.794 bits per heavy atom. The van der Waals surface area contributed by atoms with Gasteiger partial charge in [0.15, 0.2) is 0 Å². The van der Waals surface area contributed by atoms with Gasteiger partial charge in [0.2, 0.25) is 5.82 Å². The molecule has 5 rings (SSSR count). The van der Waals surface area contributed by atoms with Gasteiger partial charge in [-0.1, -0.05) is 65.8 Å². The molecule has 0 radical (unpaired) electrons. The molecular formula is C26H16F3N3O2. The average Bonchev–Trinajstić information content (AvgIpc) is 3.35. The summed E-state index contributed by atoms with van der Waals surface area (Å²) in [4.78, 5) is 16.6. The van der Waals surface area contributed by atoms with Crippen LogP contribution in [0.25, 0.3) is 33.3 Å². The Hall–Kier alpha value is -4.46. The number of aromatic nitrogens is 2. The summed E-state index contributed by atoms with van der Waals surface area (Å²) in [6, 6.07) is 27.1. The fraction of sp³-hybridized carbons (Fsp3) is 0.0385. The Morgan fingerprint density at radius 2 is 1.50 bits per heavy atom. The van der Waals surface area contributed by atoms with Gasteiger partial charge in [0.1, 0.15) is 0 Å². The van der Waals surface area contributed by atoms with Crippen LogP contribution in [0.5, 0.6) is 0 Å². The minimum Gasteiger partial charge on any atom is -0.329 e. The van der Waals surface area contributed by atoms with Crippen LogP contribution >= 0.6 is 0 Å². The van der Waals surface area contributed by atoms with E-state index in [1.165, 1.54) is 6.07 Å². The zero-order chi connectivity index (χ0) is 23.7. The molecule has 0 saturated heterocycles. The van der Waals surface area contributed by atoms with Crippen LogP contribution in [0.3, 0.4) is 0 Å². The van der Waals surface area contributed by atoms with Crippen molar-refractivity contribution >= 4 is 22.4 Å². The first kappa shape index (κ1) is 21.4. The first-order valence-corrected chi connectivity index (χ1v) is 10.3. The van der Waals surface area contributed by atoms with Gasteiger partial charge in [-0.3, -0.25) is 4.79 Å². The van der Waals surface area contributed by atoms with Crippen molar-refractivity contribution in [3.63, 3.8) is 0 Å². The second-order valence-corrected chi connectivity index (χ2v) is 7.56. The Labute approximate surface area is 191 Å². The molecule has 0 fully saturated rings. The van der Waals surface area contributed by atoms with Gasteiger partial charge >= 0.3 is 12.1 Å². The summed E-state index contributed by atoms with van der Waals surface area (Å²) >= 11 is 0. The van der Waals surface area contributed by atoms with Crippen LogP contribution < -0.4 is 5.32 Å². The van der Waals surface area contributed by atoms with E-state index in [0.29, 0.717) is 22.4 Å². The monoisotopic (exact) mass is 459 g/mol. The van der Waals surface area contributed by atoms with Gasteiger partial charge in [-0.2, -0.15) is 18.2 Å². The number of anilines is 1. The number of fused-ring (bicyclic) bond motifs is 1. The number of hydrogen-bond acceptors (Lipinski definition) is 4. The number of hydrogen-bond donors (Lipinski definition) is 1. The number of carbonyl (C=O) groups is 1. The van der Waals surface area contributed by atoms with Gasteiger partial charge in [-0.05, 0) is 52.2 Å². The molecule has 0 spiro atoms. The quantitative estimate of drug-likeness (QED) is 0.320. The molecule has 5 aromatic rings. The van der Waals surface area contributed by atoms with E-state index in [4.69, 9.17) is 0 Å². The van der Waals surface area contributed by atoms with Crippen molar-refractivity contribution in [1.29, 1.82) is 0 Å². The topological polar surface area (TPSA) is 68.0 Å². The zero-order valence-corrected chi connectivity index (χ0v) is 17.5. The molecule has 168 valence electrons. The SMILES string of the molecule is O=C(Nc1ccccc1)c1ccc(-c2noc(C(F)(F)F)n2)cc1-c1ccc2ccccc2c1. The number of benzene rings is 4. The molecule has 0 unspecified atom stereocenters. The maximum atomic E-state index is 13.1. The average molecular weight is 459 g/mol. The van der Waals surface area contributed by atoms with Crippen molar-refractivity contribution in [3.8, 4) is 22.5 Å². The fourth-order valence-electron chi connectivity index (χ4n) is 3.65. The second-order valence-electron chi connectivity index (χ2n) is 7.56. The molecule has 0 aliphatic heterocycles. The predicted molar refractivity (Wildman–Crippen MR) is 122 cm³/mol. The number of nitrogens with zero attached hydrogens (tertiary/aromatic N) is 2. The Balaban J connectivity index is 1.62. The van der Waals surface area contributed by atoms with E-state index in [9.17, 15) is 18.0 Å². The Bertz CT molecular complexity index is 1490. The maximum absolute atomic E-state index is 13.1. The summed E-state index contributed by atoms with van der Waals surface area (Å²) in [7, 11) is 0. The molecule has 0 aliphatic rings. The Kier molecular flexibility index (Phi) is 5.33. The molecule has 1 amide bonds. The minimum absolute atomic E-state index is 0.218. The van der Waals surface area contributed by atoms with Crippen molar-refractivity contribution < 1.29 is 22.5 Å². The van der Waals surface area contributed by atoms with E-state index in [2.05, 4.69) is 20.0 Å². The number of rotatable bonds is 4. The van der Waals surface area contributed by atoms with E-state index in [1.807, 2.05) is 48.5 Å². The van der Waals surface area contributed by atoms with Crippen LogP contribution in [0.1, 0.15) is 16.2 Å². The number of para-hydroxylation sites is 1. The van der Waals surface area contributed by atoms with Crippen LogP contribution in [0.15, 0.2) is 95.5 Å². The first-order chi connectivity index (χ1) is 16.4. The predicted octanol–water partition coefficient (Wildman–Crippen LogP) is 6.83. The van der Waals surface area contributed by atoms with E-state index in [-0.39, 0.29) is 11.7 Å². The summed E-state index contributed by atoms with van der Waals surface area (Å²) in [6.45, 7) is 0. The van der Waals surface area contributed by atoms with Crippen molar-refractivity contribution in [2.75, 3.05) is 5.32 Å². The van der Waals surface area contributed by atoms with E-state index >= 15 is 0 Å². The summed E-state index contributed by atoms with van der Waals surface area (Å²) in [6.07, 6.45) is -4.75. The molecule has 4 aromatic carbocycles. The lowest BCUT2D eigenvalue weighted by Crippen LogP contribution is -2.13. The summed E-state index contributed by atoms with van der Waals surface area (Å²) in [5.41, 5.74) is 2.50. The van der Waals surface area contributed by atoms with Gasteiger partial charge < -0.3 is 9.84 Å². The fourth-order valence-corrected chi connectivity index (χ4v) is 3.65. The molecule has 0 bridgehead atoms. The number of alkyl halides is 3. The van der Waals surface area contributed by atoms with Crippen molar-refractivity contribution in [2.24, 2.45) is 0 Å². The standard InChI is InChI=1S/C26H16F3N3O2/c27-26(28,29)25-31-23(32-34-25)19-12-13-21(24(33)30-20-8-2-1-3-9-20)22(15-19)18-11-10-16-6-4-5-7-17(16)14-18/h1-15H,(H,30,33). The molecular weight excluding hydrogens is 443 g/mol. The van der Waals surface area contributed by atoms with Crippen molar-refractivity contribution in [3.05, 3.63) is 102 Å². The van der Waals surface area contributed by atoms with Crippen LogP contribution in [0.2, 0.25) is 0 Å². The lowest BCUT2D eigenvalue weighted by Gasteiger charge is -2.13. The van der Waals surface area contributed by atoms with Crippen LogP contribution in [0.4, 0.5) is 18.9 Å². The molecule has 34 heavy (non-hydrogen) atoms. The third kappa shape index (κ3) is 4.25. The smallest absolute Gasteiger partial charge is 0.329 e. The molecule has 1 aromatic heterocycles. The second kappa shape index (κ2) is 8.47. The van der Waals surface area contributed by atoms with Gasteiger partial charge in [0.05, 0.1) is 0 Å². The van der Waals surface area contributed by atoms with Crippen molar-refractivity contribution in [2.45, 2.75) is 6.18 Å². The number of amides is 1. The first-order valence-electron chi connectivity index (χ1n) is 10.3. The molecule has 0 saturated carbocycles. The van der Waals surface area contributed by atoms with Gasteiger partial charge in [0, 0.05) is 16.8 Å². The molecule has 0 aliphatic carbocycles. The molecule has 0 atom stereocenters. The van der Waals surface area contributed by atoms with Crippen LogP contribution in [-0.4, -0.2) is 16.0 Å². The van der Waals surface area contributed by atoms with Crippen molar-refractivity contribution in [1.82, 2.24) is 10.1 Å². The van der Waals surface area contributed by atoms with Crippen LogP contribution in [0, 0.1) is 0 Å². The Morgan fingerprint density at radius 3 is 2.24 bits per heavy atom. The van der Waals surface area contributed by atoms with Gasteiger partial charge in [-0.15, -0.1) is 0 Å². The highest BCUT2D eigenvalue weighted by molar-refractivity contribution is 6.09. The van der Waals surface area contributed by atoms with Gasteiger partial charge in [0.25, 0.3) is 5.91 Å². The largest absolute Gasteiger partial charge is 0.471 e. The normalized spacial score (nSPS) is 11.5. The zero-order valence-electron chi connectivity index (χ0n) is 17.5.